The van der Waals surface area contributed by atoms with Crippen molar-refractivity contribution in [3.63, 3.8) is 0 Å². The zero-order chi connectivity index (χ0) is 12.9. The summed E-state index contributed by atoms with van der Waals surface area (Å²) < 4.78 is 10.1. The van der Waals surface area contributed by atoms with Crippen LogP contribution in [0.1, 0.15) is 33.6 Å². The summed E-state index contributed by atoms with van der Waals surface area (Å²) >= 11 is 0. The molecule has 0 N–H and O–H groups in total. The molecule has 0 heterocycles. The van der Waals surface area contributed by atoms with Crippen LogP contribution in [0.4, 0.5) is 0 Å². The molecule has 1 unspecified atom stereocenters. The van der Waals surface area contributed by atoms with Crippen molar-refractivity contribution < 1.29 is 19.1 Å². The van der Waals surface area contributed by atoms with Crippen molar-refractivity contribution in [2.75, 3.05) is 13.2 Å². The van der Waals surface area contributed by atoms with Crippen molar-refractivity contribution in [3.05, 3.63) is 12.2 Å². The van der Waals surface area contributed by atoms with E-state index in [0.717, 1.165) is 0 Å². The summed E-state index contributed by atoms with van der Waals surface area (Å²) in [5, 5.41) is 0. The Labute approximate surface area is 102 Å². The first-order valence-corrected chi connectivity index (χ1v) is 6.08. The van der Waals surface area contributed by atoms with Crippen LogP contribution in [0.2, 0.25) is 0 Å². The van der Waals surface area contributed by atoms with Crippen molar-refractivity contribution in [3.8, 4) is 0 Å². The molecule has 0 aromatic heterocycles. The molecule has 1 aliphatic carbocycles. The molecule has 1 rings (SSSR count). The minimum atomic E-state index is -1.14. The van der Waals surface area contributed by atoms with Crippen molar-refractivity contribution in [2.24, 2.45) is 11.3 Å². The third kappa shape index (κ3) is 2.87. The fraction of sp³-hybridized carbons (Fsp3) is 0.692. The van der Waals surface area contributed by atoms with E-state index in [1.165, 1.54) is 0 Å². The minimum absolute atomic E-state index is 0.178. The normalized spacial score (nSPS) is 21.9. The summed E-state index contributed by atoms with van der Waals surface area (Å²) in [4.78, 5) is 24.0. The van der Waals surface area contributed by atoms with Gasteiger partial charge in [0, 0.05) is 0 Å². The molecule has 96 valence electrons. The Morgan fingerprint density at radius 1 is 1.24 bits per heavy atom. The zero-order valence-electron chi connectivity index (χ0n) is 10.7. The van der Waals surface area contributed by atoms with E-state index in [0.29, 0.717) is 12.8 Å². The highest BCUT2D eigenvalue weighted by atomic mass is 16.6. The molecule has 0 radical (unpaired) electrons. The third-order valence-corrected chi connectivity index (χ3v) is 2.93. The topological polar surface area (TPSA) is 52.6 Å². The van der Waals surface area contributed by atoms with Crippen LogP contribution in [0.25, 0.3) is 0 Å². The maximum atomic E-state index is 12.0. The Balaban J connectivity index is 2.96. The van der Waals surface area contributed by atoms with Gasteiger partial charge in [-0.2, -0.15) is 0 Å². The monoisotopic (exact) mass is 240 g/mol. The van der Waals surface area contributed by atoms with Crippen LogP contribution in [0.3, 0.4) is 0 Å². The van der Waals surface area contributed by atoms with Gasteiger partial charge in [-0.25, -0.2) is 0 Å². The molecule has 4 nitrogen and oxygen atoms in total. The molecule has 0 aromatic carbocycles. The summed E-state index contributed by atoms with van der Waals surface area (Å²) in [5.74, 6) is -0.748. The Kier molecular flexibility index (Phi) is 4.73. The Morgan fingerprint density at radius 2 is 1.76 bits per heavy atom. The van der Waals surface area contributed by atoms with Crippen LogP contribution in [-0.2, 0) is 19.1 Å². The fourth-order valence-corrected chi connectivity index (χ4v) is 2.16. The lowest BCUT2D eigenvalue weighted by Gasteiger charge is -2.32. The van der Waals surface area contributed by atoms with Gasteiger partial charge in [0.25, 0.3) is 0 Å². The van der Waals surface area contributed by atoms with Gasteiger partial charge in [-0.15, -0.1) is 0 Å². The van der Waals surface area contributed by atoms with E-state index in [4.69, 9.17) is 9.47 Å². The van der Waals surface area contributed by atoms with Crippen LogP contribution < -0.4 is 0 Å². The lowest BCUT2D eigenvalue weighted by Crippen LogP contribution is -2.44. The highest BCUT2D eigenvalue weighted by Crippen LogP contribution is 2.38. The standard InChI is InChI=1S/C13H20O4/c1-4-16-11(14)13(12(15)17-5-2)8-6-7-10(3)9-13/h6-7,10H,4-5,8-9H2,1-3H3. The maximum Gasteiger partial charge on any atom is 0.323 e. The van der Waals surface area contributed by atoms with E-state index < -0.39 is 17.4 Å². The quantitative estimate of drug-likeness (QED) is 0.429. The fourth-order valence-electron chi connectivity index (χ4n) is 2.16. The first kappa shape index (κ1) is 13.7. The third-order valence-electron chi connectivity index (χ3n) is 2.93. The molecule has 0 aliphatic heterocycles. The highest BCUT2D eigenvalue weighted by Gasteiger charge is 2.49. The molecule has 17 heavy (non-hydrogen) atoms. The van der Waals surface area contributed by atoms with Crippen LogP contribution in [0.15, 0.2) is 12.2 Å². The minimum Gasteiger partial charge on any atom is -0.465 e. The molecule has 0 bridgehead atoms. The first-order valence-electron chi connectivity index (χ1n) is 6.08. The number of rotatable bonds is 4. The van der Waals surface area contributed by atoms with Gasteiger partial charge in [0.1, 0.15) is 0 Å². The number of ether oxygens (including phenoxy) is 2. The van der Waals surface area contributed by atoms with E-state index in [-0.39, 0.29) is 19.1 Å². The largest absolute Gasteiger partial charge is 0.465 e. The van der Waals surface area contributed by atoms with E-state index in [1.807, 2.05) is 19.1 Å². The predicted octanol–water partition coefficient (Wildman–Crippen LogP) is 2.09. The number of hydrogen-bond acceptors (Lipinski definition) is 4. The molecular weight excluding hydrogens is 220 g/mol. The number of esters is 2. The van der Waals surface area contributed by atoms with Crippen molar-refractivity contribution in [1.29, 1.82) is 0 Å². The van der Waals surface area contributed by atoms with Gasteiger partial charge in [0.05, 0.1) is 13.2 Å². The smallest absolute Gasteiger partial charge is 0.323 e. The van der Waals surface area contributed by atoms with E-state index in [1.54, 1.807) is 13.8 Å². The van der Waals surface area contributed by atoms with Crippen LogP contribution in [-0.4, -0.2) is 25.2 Å². The van der Waals surface area contributed by atoms with Gasteiger partial charge in [-0.3, -0.25) is 9.59 Å². The Morgan fingerprint density at radius 3 is 2.18 bits per heavy atom. The zero-order valence-corrected chi connectivity index (χ0v) is 10.7. The van der Waals surface area contributed by atoms with Gasteiger partial charge in [-0.1, -0.05) is 19.1 Å². The van der Waals surface area contributed by atoms with Gasteiger partial charge < -0.3 is 9.47 Å². The second-order valence-corrected chi connectivity index (χ2v) is 4.34. The lowest BCUT2D eigenvalue weighted by atomic mass is 9.73. The predicted molar refractivity (Wildman–Crippen MR) is 63.2 cm³/mol. The van der Waals surface area contributed by atoms with E-state index >= 15 is 0 Å². The van der Waals surface area contributed by atoms with E-state index in [2.05, 4.69) is 0 Å². The Hall–Kier alpha value is -1.32. The first-order chi connectivity index (χ1) is 8.06. The molecule has 4 heteroatoms. The summed E-state index contributed by atoms with van der Waals surface area (Å²) in [5.41, 5.74) is -1.14. The summed E-state index contributed by atoms with van der Waals surface area (Å²) in [6, 6.07) is 0. The van der Waals surface area contributed by atoms with Crippen LogP contribution in [0.5, 0.6) is 0 Å². The second-order valence-electron chi connectivity index (χ2n) is 4.34. The second kappa shape index (κ2) is 5.84. The lowest BCUT2D eigenvalue weighted by molar-refractivity contribution is -0.173. The molecule has 0 aromatic rings. The maximum absolute atomic E-state index is 12.0. The summed E-state index contributed by atoms with van der Waals surface area (Å²) in [6.07, 6.45) is 4.70. The number of hydrogen-bond donors (Lipinski definition) is 0. The van der Waals surface area contributed by atoms with Gasteiger partial charge >= 0.3 is 11.9 Å². The molecule has 0 saturated heterocycles. The van der Waals surface area contributed by atoms with E-state index in [9.17, 15) is 9.59 Å². The summed E-state index contributed by atoms with van der Waals surface area (Å²) in [6.45, 7) is 6.00. The average Bonchev–Trinajstić information content (AvgIpc) is 2.29. The molecule has 0 spiro atoms. The highest BCUT2D eigenvalue weighted by molar-refractivity contribution is 6.00. The van der Waals surface area contributed by atoms with Gasteiger partial charge in [0.2, 0.25) is 0 Å². The molecular formula is C13H20O4. The van der Waals surface area contributed by atoms with Crippen LogP contribution in [0, 0.1) is 11.3 Å². The number of allylic oxidation sites excluding steroid dienone is 2. The SMILES string of the molecule is CCOC(=O)C1(C(=O)OCC)CC=CC(C)C1. The molecule has 1 atom stereocenters. The molecule has 0 saturated carbocycles. The molecule has 0 amide bonds. The van der Waals surface area contributed by atoms with Crippen molar-refractivity contribution >= 4 is 11.9 Å². The average molecular weight is 240 g/mol. The van der Waals surface area contributed by atoms with Gasteiger partial charge in [-0.05, 0) is 32.6 Å². The van der Waals surface area contributed by atoms with Crippen molar-refractivity contribution in [2.45, 2.75) is 33.6 Å². The number of carbonyl (C=O) groups excluding carboxylic acids is 2. The molecule has 1 aliphatic rings. The van der Waals surface area contributed by atoms with Crippen LogP contribution >= 0.6 is 0 Å². The van der Waals surface area contributed by atoms with Gasteiger partial charge in [0.15, 0.2) is 5.41 Å². The Bertz CT molecular complexity index is 301. The van der Waals surface area contributed by atoms with Crippen molar-refractivity contribution in [1.82, 2.24) is 0 Å². The summed E-state index contributed by atoms with van der Waals surface area (Å²) in [7, 11) is 0. The number of carbonyl (C=O) groups is 2. The molecule has 0 fully saturated rings.